The average Bonchev–Trinajstić information content (AvgIpc) is 4.01. The first-order chi connectivity index (χ1) is 37.2. The molecule has 13 aromatic carbocycles. The molecule has 0 aromatic heterocycles. The highest BCUT2D eigenvalue weighted by Crippen LogP contribution is 2.65. The maximum atomic E-state index is 2.54. The first-order valence-corrected chi connectivity index (χ1v) is 26.0. The van der Waals surface area contributed by atoms with Gasteiger partial charge in [0.1, 0.15) is 0 Å². The molecule has 0 saturated heterocycles. The van der Waals surface area contributed by atoms with Gasteiger partial charge < -0.3 is 9.80 Å². The fourth-order valence-electron chi connectivity index (χ4n) is 12.9. The minimum atomic E-state index is -0.607. The summed E-state index contributed by atoms with van der Waals surface area (Å²) in [6, 6.07) is 108. The number of hydrogen-bond donors (Lipinski definition) is 0. The lowest BCUT2D eigenvalue weighted by molar-refractivity contribution is 0.803. The van der Waals surface area contributed by atoms with Crippen LogP contribution < -0.4 is 9.80 Å². The largest absolute Gasteiger partial charge is 0.310 e. The first kappa shape index (κ1) is 42.9. The summed E-state index contributed by atoms with van der Waals surface area (Å²) in [5, 5.41) is 7.40. The predicted molar refractivity (Wildman–Crippen MR) is 315 cm³/mol. The van der Waals surface area contributed by atoms with Gasteiger partial charge in [-0.25, -0.2) is 0 Å². The third-order valence-electron chi connectivity index (χ3n) is 16.0. The van der Waals surface area contributed by atoms with Crippen LogP contribution in [0.1, 0.15) is 22.3 Å². The molecule has 1 spiro atoms. The minimum absolute atomic E-state index is 0.607. The molecule has 0 N–H and O–H groups in total. The fourth-order valence-corrected chi connectivity index (χ4v) is 12.9. The number of fused-ring (bicyclic) bond motifs is 15. The van der Waals surface area contributed by atoms with Crippen LogP contribution in [0.3, 0.4) is 0 Å². The quantitative estimate of drug-likeness (QED) is 0.150. The lowest BCUT2D eigenvalue weighted by Crippen LogP contribution is -2.26. The fraction of sp³-hybridized carbons (Fsp3) is 0.0137. The van der Waals surface area contributed by atoms with E-state index in [2.05, 4.69) is 301 Å². The van der Waals surface area contributed by atoms with Crippen LogP contribution in [0.25, 0.3) is 76.8 Å². The van der Waals surface area contributed by atoms with Gasteiger partial charge in [-0.3, -0.25) is 0 Å². The Morgan fingerprint density at radius 3 is 1.40 bits per heavy atom. The molecule has 0 heterocycles. The molecule has 0 radical (unpaired) electrons. The number of anilines is 6. The summed E-state index contributed by atoms with van der Waals surface area (Å²) in [5.41, 5.74) is 21.3. The van der Waals surface area contributed by atoms with Crippen LogP contribution in [0.5, 0.6) is 0 Å². The molecule has 0 saturated carbocycles. The van der Waals surface area contributed by atoms with Crippen molar-refractivity contribution >= 4 is 66.4 Å². The molecule has 350 valence electrons. The van der Waals surface area contributed by atoms with Gasteiger partial charge in [0.25, 0.3) is 0 Å². The molecule has 75 heavy (non-hydrogen) atoms. The van der Waals surface area contributed by atoms with Crippen molar-refractivity contribution in [2.24, 2.45) is 0 Å². The molecular weight excluding hydrogens is 905 g/mol. The maximum Gasteiger partial charge on any atom is 0.0731 e. The second-order valence-corrected chi connectivity index (χ2v) is 19.9. The van der Waals surface area contributed by atoms with Crippen LogP contribution in [0.15, 0.2) is 291 Å². The Labute approximate surface area is 437 Å². The highest BCUT2D eigenvalue weighted by atomic mass is 15.1. The monoisotopic (exact) mass is 952 g/mol. The summed E-state index contributed by atoms with van der Waals surface area (Å²) in [4.78, 5) is 4.85. The van der Waals surface area contributed by atoms with Crippen LogP contribution in [0, 0.1) is 0 Å². The third kappa shape index (κ3) is 6.60. The number of nitrogens with zero attached hydrogens (tertiary/aromatic N) is 2. The molecule has 1 unspecified atom stereocenters. The lowest BCUT2D eigenvalue weighted by atomic mass is 9.69. The lowest BCUT2D eigenvalue weighted by Gasteiger charge is -2.32. The van der Waals surface area contributed by atoms with Crippen LogP contribution in [0.4, 0.5) is 34.1 Å². The third-order valence-corrected chi connectivity index (χ3v) is 16.0. The summed E-state index contributed by atoms with van der Waals surface area (Å²) in [5.74, 6) is 0. The normalized spacial score (nSPS) is 13.9. The van der Waals surface area contributed by atoms with E-state index in [1.807, 2.05) is 0 Å². The van der Waals surface area contributed by atoms with E-state index in [1.54, 1.807) is 0 Å². The van der Waals surface area contributed by atoms with Crippen molar-refractivity contribution in [3.63, 3.8) is 0 Å². The van der Waals surface area contributed by atoms with Gasteiger partial charge in [-0.1, -0.05) is 218 Å². The van der Waals surface area contributed by atoms with Crippen LogP contribution in [0.2, 0.25) is 0 Å². The van der Waals surface area contributed by atoms with E-state index in [-0.39, 0.29) is 0 Å². The molecule has 2 aliphatic carbocycles. The Bertz CT molecular complexity index is 4360. The van der Waals surface area contributed by atoms with Crippen molar-refractivity contribution < 1.29 is 0 Å². The maximum absolute atomic E-state index is 2.54. The average molecular weight is 953 g/mol. The van der Waals surface area contributed by atoms with Gasteiger partial charge in [-0.05, 0) is 161 Å². The van der Waals surface area contributed by atoms with Crippen LogP contribution in [-0.2, 0) is 5.41 Å². The number of para-hydroxylation sites is 4. The summed E-state index contributed by atoms with van der Waals surface area (Å²) >= 11 is 0. The SMILES string of the molecule is c1ccc(-c2ccccc2N(c2ccccc2)c2ccc3cc4c(cc3c2)C2(c3ccccc3-c3c2ccc2ccccc32)c2c-4ccc3cc(N(c4ccccc4)c4ccccc4-c4ccccc4)ccc23)cc1. The van der Waals surface area contributed by atoms with Crippen molar-refractivity contribution in [3.05, 3.63) is 313 Å². The van der Waals surface area contributed by atoms with Gasteiger partial charge in [0.05, 0.1) is 16.8 Å². The van der Waals surface area contributed by atoms with E-state index < -0.39 is 5.41 Å². The standard InChI is InChI=1S/C73H48N2/c1-5-21-49(22-6-1)59-30-16-19-35-69(59)74(55-26-9-3-10-27-55)57-40-37-52-47-65-63-42-38-53-45-58(75(56-28-11-4-12-29-56)70-36-20-17-31-60(70)50-23-7-2-8-24-50)41-43-62(53)72(63)73(68(65)48-54(52)46-57)66-34-18-15-33-64(66)71-61-32-14-13-25-51(61)39-44-67(71)73/h1-48H. The van der Waals surface area contributed by atoms with E-state index in [1.165, 1.54) is 99.1 Å². The van der Waals surface area contributed by atoms with Gasteiger partial charge in [0, 0.05) is 33.9 Å². The molecule has 0 aliphatic heterocycles. The molecule has 2 nitrogen and oxygen atoms in total. The van der Waals surface area contributed by atoms with Crippen LogP contribution >= 0.6 is 0 Å². The first-order valence-electron chi connectivity index (χ1n) is 26.0. The molecule has 2 aliphatic rings. The Kier molecular flexibility index (Phi) is 9.83. The highest BCUT2D eigenvalue weighted by molar-refractivity contribution is 6.11. The number of hydrogen-bond acceptors (Lipinski definition) is 2. The Balaban J connectivity index is 0.980. The van der Waals surface area contributed by atoms with Crippen molar-refractivity contribution in [2.45, 2.75) is 5.41 Å². The molecule has 1 atom stereocenters. The Morgan fingerprint density at radius 1 is 0.240 bits per heavy atom. The van der Waals surface area contributed by atoms with Crippen molar-refractivity contribution in [1.82, 2.24) is 0 Å². The van der Waals surface area contributed by atoms with E-state index in [9.17, 15) is 0 Å². The Hall–Kier alpha value is -9.76. The smallest absolute Gasteiger partial charge is 0.0731 e. The second-order valence-electron chi connectivity index (χ2n) is 19.9. The molecule has 13 aromatic rings. The molecule has 0 bridgehead atoms. The number of rotatable bonds is 8. The van der Waals surface area contributed by atoms with Crippen LogP contribution in [-0.4, -0.2) is 0 Å². The van der Waals surface area contributed by atoms with Gasteiger partial charge in [0.15, 0.2) is 0 Å². The van der Waals surface area contributed by atoms with E-state index in [4.69, 9.17) is 0 Å². The van der Waals surface area contributed by atoms with Crippen molar-refractivity contribution in [2.75, 3.05) is 9.80 Å². The summed E-state index contributed by atoms with van der Waals surface area (Å²) in [6.45, 7) is 0. The Morgan fingerprint density at radius 2 is 0.747 bits per heavy atom. The van der Waals surface area contributed by atoms with Gasteiger partial charge in [0.2, 0.25) is 0 Å². The molecule has 0 amide bonds. The van der Waals surface area contributed by atoms with E-state index in [0.29, 0.717) is 0 Å². The predicted octanol–water partition coefficient (Wildman–Crippen LogP) is 19.8. The van der Waals surface area contributed by atoms with Gasteiger partial charge in [-0.2, -0.15) is 0 Å². The molecule has 0 fully saturated rings. The summed E-state index contributed by atoms with van der Waals surface area (Å²) < 4.78 is 0. The van der Waals surface area contributed by atoms with E-state index >= 15 is 0 Å². The zero-order valence-electron chi connectivity index (χ0n) is 41.1. The van der Waals surface area contributed by atoms with Gasteiger partial charge in [-0.15, -0.1) is 0 Å². The number of benzene rings is 13. The summed E-state index contributed by atoms with van der Waals surface area (Å²) in [7, 11) is 0. The van der Waals surface area contributed by atoms with Crippen molar-refractivity contribution in [1.29, 1.82) is 0 Å². The van der Waals surface area contributed by atoms with Gasteiger partial charge >= 0.3 is 0 Å². The minimum Gasteiger partial charge on any atom is -0.310 e. The highest BCUT2D eigenvalue weighted by Gasteiger charge is 2.53. The molecule has 15 rings (SSSR count). The molecule has 2 heteroatoms. The van der Waals surface area contributed by atoms with Crippen molar-refractivity contribution in [3.8, 4) is 44.5 Å². The zero-order chi connectivity index (χ0) is 49.5. The molecular formula is C73H48N2. The van der Waals surface area contributed by atoms with E-state index in [0.717, 1.165) is 34.1 Å². The zero-order valence-corrected chi connectivity index (χ0v) is 41.1. The second kappa shape index (κ2) is 17.2. The summed E-state index contributed by atoms with van der Waals surface area (Å²) in [6.07, 6.45) is 0. The topological polar surface area (TPSA) is 6.48 Å².